The Balaban J connectivity index is 2.01. The maximum absolute atomic E-state index is 5.81. The summed E-state index contributed by atoms with van der Waals surface area (Å²) in [7, 11) is 1.69. The van der Waals surface area contributed by atoms with E-state index in [2.05, 4.69) is 43.4 Å². The van der Waals surface area contributed by atoms with Crippen LogP contribution in [0.15, 0.2) is 48.3 Å². The van der Waals surface area contributed by atoms with Gasteiger partial charge in [0.2, 0.25) is 5.79 Å². The Hall–Kier alpha value is -1.28. The molecule has 0 amide bonds. The molecule has 0 aromatic rings. The van der Waals surface area contributed by atoms with Gasteiger partial charge in [-0.3, -0.25) is 0 Å². The highest BCUT2D eigenvalue weighted by Crippen LogP contribution is 2.32. The van der Waals surface area contributed by atoms with Gasteiger partial charge in [-0.25, -0.2) is 0 Å². The summed E-state index contributed by atoms with van der Waals surface area (Å²) in [5.74, 6) is 0.820. The van der Waals surface area contributed by atoms with Crippen LogP contribution in [-0.2, 0) is 9.47 Å². The maximum atomic E-state index is 5.81. The molecule has 1 unspecified atom stereocenters. The van der Waals surface area contributed by atoms with Gasteiger partial charge < -0.3 is 9.47 Å². The number of ether oxygens (including phenoxy) is 2. The molecule has 0 aromatic carbocycles. The summed E-state index contributed by atoms with van der Waals surface area (Å²) in [6.07, 6.45) is 16.4. The van der Waals surface area contributed by atoms with Crippen molar-refractivity contribution in [1.29, 1.82) is 0 Å². The standard InChI is InChI=1S/C14H18O2/c1-3-13-9-11-14(15-2,16-13)10-8-12-6-4-5-7-12/h4-10,12H,3,11H2,1-2H3/b10-8+. The van der Waals surface area contributed by atoms with Gasteiger partial charge in [0.05, 0.1) is 5.76 Å². The summed E-state index contributed by atoms with van der Waals surface area (Å²) < 4.78 is 11.3. The van der Waals surface area contributed by atoms with E-state index < -0.39 is 5.79 Å². The van der Waals surface area contributed by atoms with Gasteiger partial charge in [-0.05, 0) is 12.2 Å². The van der Waals surface area contributed by atoms with Crippen LogP contribution in [0.25, 0.3) is 0 Å². The third-order valence-electron chi connectivity index (χ3n) is 2.96. The molecule has 1 atom stereocenters. The highest BCUT2D eigenvalue weighted by atomic mass is 16.7. The van der Waals surface area contributed by atoms with Crippen molar-refractivity contribution >= 4 is 0 Å². The lowest BCUT2D eigenvalue weighted by Crippen LogP contribution is -2.28. The van der Waals surface area contributed by atoms with Crippen LogP contribution >= 0.6 is 0 Å². The van der Waals surface area contributed by atoms with Crippen molar-refractivity contribution in [2.75, 3.05) is 7.11 Å². The van der Waals surface area contributed by atoms with Gasteiger partial charge >= 0.3 is 0 Å². The fourth-order valence-corrected chi connectivity index (χ4v) is 1.91. The second kappa shape index (κ2) is 4.71. The lowest BCUT2D eigenvalue weighted by molar-refractivity contribution is -0.147. The van der Waals surface area contributed by atoms with Crippen molar-refractivity contribution < 1.29 is 9.47 Å². The number of allylic oxidation sites excluding steroid dienone is 6. The largest absolute Gasteiger partial charge is 0.463 e. The first-order chi connectivity index (χ1) is 7.78. The summed E-state index contributed by atoms with van der Waals surface area (Å²) in [5.41, 5.74) is 0. The van der Waals surface area contributed by atoms with Crippen LogP contribution in [0.5, 0.6) is 0 Å². The molecular weight excluding hydrogens is 200 g/mol. The zero-order valence-corrected chi connectivity index (χ0v) is 9.85. The molecule has 86 valence electrons. The Labute approximate surface area is 96.9 Å². The molecular formula is C14H18O2. The molecule has 0 N–H and O–H groups in total. The molecule has 2 rings (SSSR count). The fourth-order valence-electron chi connectivity index (χ4n) is 1.91. The molecule has 0 saturated carbocycles. The molecule has 1 heterocycles. The third kappa shape index (κ3) is 2.27. The lowest BCUT2D eigenvalue weighted by Gasteiger charge is -2.25. The molecule has 1 aliphatic carbocycles. The van der Waals surface area contributed by atoms with E-state index in [4.69, 9.17) is 9.47 Å². The van der Waals surface area contributed by atoms with E-state index in [1.165, 1.54) is 0 Å². The van der Waals surface area contributed by atoms with Crippen molar-refractivity contribution in [2.24, 2.45) is 5.92 Å². The molecule has 2 nitrogen and oxygen atoms in total. The molecule has 0 saturated heterocycles. The van der Waals surface area contributed by atoms with E-state index in [1.54, 1.807) is 7.11 Å². The quantitative estimate of drug-likeness (QED) is 0.674. The van der Waals surface area contributed by atoms with Crippen molar-refractivity contribution in [3.05, 3.63) is 48.3 Å². The highest BCUT2D eigenvalue weighted by molar-refractivity contribution is 5.24. The fraction of sp³-hybridized carbons (Fsp3) is 0.429. The summed E-state index contributed by atoms with van der Waals surface area (Å²) in [6.45, 7) is 2.09. The minimum Gasteiger partial charge on any atom is -0.463 e. The second-order valence-electron chi connectivity index (χ2n) is 4.05. The normalized spacial score (nSPS) is 29.0. The van der Waals surface area contributed by atoms with Gasteiger partial charge in [-0.2, -0.15) is 0 Å². The van der Waals surface area contributed by atoms with Crippen molar-refractivity contribution in [3.63, 3.8) is 0 Å². The van der Waals surface area contributed by atoms with Crippen molar-refractivity contribution in [1.82, 2.24) is 0 Å². The minimum atomic E-state index is -0.574. The second-order valence-corrected chi connectivity index (χ2v) is 4.05. The van der Waals surface area contributed by atoms with Crippen LogP contribution in [0, 0.1) is 5.92 Å². The summed E-state index contributed by atoms with van der Waals surface area (Å²) in [4.78, 5) is 0. The molecule has 0 fully saturated rings. The van der Waals surface area contributed by atoms with Crippen LogP contribution in [0.3, 0.4) is 0 Å². The van der Waals surface area contributed by atoms with Gasteiger partial charge in [-0.15, -0.1) is 0 Å². The van der Waals surface area contributed by atoms with Crippen molar-refractivity contribution in [3.8, 4) is 0 Å². The van der Waals surface area contributed by atoms with Crippen LogP contribution in [0.4, 0.5) is 0 Å². The van der Waals surface area contributed by atoms with E-state index in [1.807, 2.05) is 6.08 Å². The molecule has 1 aliphatic heterocycles. The zero-order valence-electron chi connectivity index (χ0n) is 9.85. The molecule has 0 aromatic heterocycles. The van der Waals surface area contributed by atoms with E-state index in [0.29, 0.717) is 5.92 Å². The summed E-state index contributed by atoms with van der Waals surface area (Å²) in [5, 5.41) is 0. The molecule has 0 radical (unpaired) electrons. The van der Waals surface area contributed by atoms with E-state index in [9.17, 15) is 0 Å². The Morgan fingerprint density at radius 3 is 2.81 bits per heavy atom. The average Bonchev–Trinajstić information content (AvgIpc) is 2.96. The van der Waals surface area contributed by atoms with Gasteiger partial charge in [0.1, 0.15) is 0 Å². The number of hydrogen-bond acceptors (Lipinski definition) is 2. The number of hydrogen-bond donors (Lipinski definition) is 0. The molecule has 2 aliphatic rings. The van der Waals surface area contributed by atoms with Crippen molar-refractivity contribution in [2.45, 2.75) is 25.6 Å². The Morgan fingerprint density at radius 2 is 2.25 bits per heavy atom. The maximum Gasteiger partial charge on any atom is 0.233 e. The van der Waals surface area contributed by atoms with E-state index >= 15 is 0 Å². The molecule has 0 spiro atoms. The van der Waals surface area contributed by atoms with Crippen LogP contribution in [-0.4, -0.2) is 12.9 Å². The van der Waals surface area contributed by atoms with E-state index in [0.717, 1.165) is 18.6 Å². The van der Waals surface area contributed by atoms with Crippen LogP contribution < -0.4 is 0 Å². The van der Waals surface area contributed by atoms with Gasteiger partial charge in [-0.1, -0.05) is 37.3 Å². The minimum absolute atomic E-state index is 0.376. The molecule has 2 heteroatoms. The zero-order chi connectivity index (χ0) is 11.4. The average molecular weight is 218 g/mol. The number of rotatable bonds is 4. The predicted octanol–water partition coefficient (Wildman–Crippen LogP) is 3.34. The SMILES string of the molecule is CCC1=CCC(/C=C/C2C=CC=C2)(OC)O1. The van der Waals surface area contributed by atoms with Crippen LogP contribution in [0.2, 0.25) is 0 Å². The first kappa shape index (κ1) is 11.2. The van der Waals surface area contributed by atoms with Crippen LogP contribution in [0.1, 0.15) is 19.8 Å². The topological polar surface area (TPSA) is 18.5 Å². The monoisotopic (exact) mass is 218 g/mol. The highest BCUT2D eigenvalue weighted by Gasteiger charge is 2.33. The van der Waals surface area contributed by atoms with Gasteiger partial charge in [0.15, 0.2) is 0 Å². The predicted molar refractivity (Wildman–Crippen MR) is 64.7 cm³/mol. The van der Waals surface area contributed by atoms with E-state index in [-0.39, 0.29) is 0 Å². The third-order valence-corrected chi connectivity index (χ3v) is 2.96. The Kier molecular flexibility index (Phi) is 3.30. The molecule has 16 heavy (non-hydrogen) atoms. The number of methoxy groups -OCH3 is 1. The smallest absolute Gasteiger partial charge is 0.233 e. The summed E-state index contributed by atoms with van der Waals surface area (Å²) >= 11 is 0. The summed E-state index contributed by atoms with van der Waals surface area (Å²) in [6, 6.07) is 0. The Morgan fingerprint density at radius 1 is 1.50 bits per heavy atom. The first-order valence-corrected chi connectivity index (χ1v) is 5.75. The molecule has 0 bridgehead atoms. The van der Waals surface area contributed by atoms with Gasteiger partial charge in [0.25, 0.3) is 0 Å². The Bertz CT molecular complexity index is 351. The first-order valence-electron chi connectivity index (χ1n) is 5.75. The lowest BCUT2D eigenvalue weighted by atomic mass is 10.1. The van der Waals surface area contributed by atoms with Gasteiger partial charge in [0, 0.05) is 25.9 Å².